The van der Waals surface area contributed by atoms with E-state index in [9.17, 15) is 22.8 Å². The van der Waals surface area contributed by atoms with Crippen molar-refractivity contribution < 1.29 is 13.2 Å². The van der Waals surface area contributed by atoms with Crippen molar-refractivity contribution in [2.45, 2.75) is 24.3 Å². The molecule has 4 aromatic rings. The summed E-state index contributed by atoms with van der Waals surface area (Å²) in [6, 6.07) is 1.15. The highest BCUT2D eigenvalue weighted by molar-refractivity contribution is 7.98. The van der Waals surface area contributed by atoms with Crippen LogP contribution < -0.4 is 11.1 Å². The lowest BCUT2D eigenvalue weighted by molar-refractivity contribution is 0.531. The molecule has 3 aromatic heterocycles. The third-order valence-electron chi connectivity index (χ3n) is 4.32. The van der Waals surface area contributed by atoms with E-state index in [1.165, 1.54) is 12.4 Å². The number of fused-ring (bicyclic) bond motifs is 1. The molecule has 0 radical (unpaired) electrons. The highest BCUT2D eigenvalue weighted by Crippen LogP contribution is 2.26. The molecular weight excluding hydrogens is 421 g/mol. The van der Waals surface area contributed by atoms with Crippen molar-refractivity contribution in [3.63, 3.8) is 0 Å². The monoisotopic (exact) mass is 434 g/mol. The Kier molecular flexibility index (Phi) is 5.16. The van der Waals surface area contributed by atoms with E-state index in [1.54, 1.807) is 0 Å². The fourth-order valence-electron chi connectivity index (χ4n) is 2.85. The lowest BCUT2D eigenvalue weighted by Crippen LogP contribution is -2.26. The lowest BCUT2D eigenvalue weighted by atomic mass is 10.2. The van der Waals surface area contributed by atoms with Crippen LogP contribution in [0.5, 0.6) is 0 Å². The van der Waals surface area contributed by atoms with Crippen molar-refractivity contribution in [2.75, 3.05) is 0 Å². The van der Waals surface area contributed by atoms with Gasteiger partial charge < -0.3 is 4.98 Å². The summed E-state index contributed by atoms with van der Waals surface area (Å²) in [5, 5.41) is 8.37. The Morgan fingerprint density at radius 1 is 1.13 bits per heavy atom. The Hall–Kier alpha value is -3.41. The first kappa shape index (κ1) is 19.9. The van der Waals surface area contributed by atoms with Crippen LogP contribution in [0.2, 0.25) is 0 Å². The number of nitrogens with one attached hydrogen (secondary N) is 1. The van der Waals surface area contributed by atoms with Gasteiger partial charge in [-0.3, -0.25) is 9.59 Å². The van der Waals surface area contributed by atoms with Gasteiger partial charge in [-0.25, -0.2) is 22.7 Å². The summed E-state index contributed by atoms with van der Waals surface area (Å²) < 4.78 is 43.4. The smallest absolute Gasteiger partial charge is 0.286 e. The molecule has 8 nitrogen and oxygen atoms in total. The van der Waals surface area contributed by atoms with Crippen molar-refractivity contribution in [1.82, 2.24) is 29.4 Å². The topological polar surface area (TPSA) is 97.9 Å². The van der Waals surface area contributed by atoms with Gasteiger partial charge in [0.2, 0.25) is 0 Å². The first-order chi connectivity index (χ1) is 14.4. The predicted molar refractivity (Wildman–Crippen MR) is 102 cm³/mol. The average Bonchev–Trinajstić information content (AvgIpc) is 3.11. The van der Waals surface area contributed by atoms with E-state index < -0.39 is 28.6 Å². The maximum atomic E-state index is 14.0. The first-order valence-electron chi connectivity index (χ1n) is 8.70. The van der Waals surface area contributed by atoms with Crippen LogP contribution >= 0.6 is 11.8 Å². The zero-order chi connectivity index (χ0) is 21.4. The minimum absolute atomic E-state index is 0.0286. The molecule has 0 fully saturated rings. The fraction of sp³-hybridized carbons (Fsp3) is 0.167. The maximum Gasteiger partial charge on any atom is 0.286 e. The van der Waals surface area contributed by atoms with Crippen LogP contribution in [-0.4, -0.2) is 29.4 Å². The van der Waals surface area contributed by atoms with Crippen molar-refractivity contribution in [2.24, 2.45) is 0 Å². The second kappa shape index (κ2) is 7.78. The van der Waals surface area contributed by atoms with E-state index in [0.717, 1.165) is 27.2 Å². The zero-order valence-corrected chi connectivity index (χ0v) is 16.2. The summed E-state index contributed by atoms with van der Waals surface area (Å²) in [4.78, 5) is 30.9. The van der Waals surface area contributed by atoms with Gasteiger partial charge in [-0.1, -0.05) is 18.7 Å². The van der Waals surface area contributed by atoms with Crippen LogP contribution in [0.15, 0.2) is 45.5 Å². The average molecular weight is 434 g/mol. The van der Waals surface area contributed by atoms with Gasteiger partial charge in [0.1, 0.15) is 17.5 Å². The van der Waals surface area contributed by atoms with E-state index in [4.69, 9.17) is 0 Å². The van der Waals surface area contributed by atoms with Crippen LogP contribution in [0.25, 0.3) is 11.3 Å². The molecule has 1 N–H and O–H groups in total. The maximum absolute atomic E-state index is 14.0. The van der Waals surface area contributed by atoms with Crippen LogP contribution in [0.3, 0.4) is 0 Å². The number of nitrogens with zero attached hydrogens (tertiary/aromatic N) is 5. The molecule has 0 spiro atoms. The number of aromatic amines is 1. The van der Waals surface area contributed by atoms with Gasteiger partial charge in [-0.15, -0.1) is 9.73 Å². The molecule has 0 atom stereocenters. The van der Waals surface area contributed by atoms with Crippen molar-refractivity contribution in [1.29, 1.82) is 0 Å². The number of aryl methyl sites for hydroxylation is 1. The molecule has 0 unspecified atom stereocenters. The van der Waals surface area contributed by atoms with E-state index in [1.807, 2.05) is 6.92 Å². The van der Waals surface area contributed by atoms with Gasteiger partial charge in [0.25, 0.3) is 11.1 Å². The Morgan fingerprint density at radius 3 is 2.50 bits per heavy atom. The molecule has 3 heterocycles. The SMILES string of the molecule is CCc1cnn2nc(SCc3c(F)cc(F)cc3F)n(-c3c[nH]c(=O)cn3)c(=O)c12. The Labute approximate surface area is 170 Å². The molecule has 1 aromatic carbocycles. The van der Waals surface area contributed by atoms with Gasteiger partial charge in [-0.2, -0.15) is 5.10 Å². The number of rotatable bonds is 5. The van der Waals surface area contributed by atoms with E-state index >= 15 is 0 Å². The van der Waals surface area contributed by atoms with Crippen molar-refractivity contribution >= 4 is 17.3 Å². The number of H-pyrrole nitrogens is 1. The summed E-state index contributed by atoms with van der Waals surface area (Å²) in [6.45, 7) is 1.85. The van der Waals surface area contributed by atoms with Gasteiger partial charge in [0.05, 0.1) is 12.4 Å². The molecule has 0 aliphatic carbocycles. The van der Waals surface area contributed by atoms with E-state index in [0.29, 0.717) is 24.1 Å². The molecule has 0 amide bonds. The summed E-state index contributed by atoms with van der Waals surface area (Å²) in [7, 11) is 0. The van der Waals surface area contributed by atoms with Gasteiger partial charge in [0.15, 0.2) is 16.5 Å². The minimum Gasteiger partial charge on any atom is -0.324 e. The number of thioether (sulfide) groups is 1. The van der Waals surface area contributed by atoms with Crippen LogP contribution in [0.1, 0.15) is 18.1 Å². The Balaban J connectivity index is 1.86. The van der Waals surface area contributed by atoms with Crippen LogP contribution in [0.4, 0.5) is 13.2 Å². The molecule has 0 saturated carbocycles. The third-order valence-corrected chi connectivity index (χ3v) is 5.28. The highest BCUT2D eigenvalue weighted by atomic mass is 32.2. The molecular formula is C18H13F3N6O2S. The largest absolute Gasteiger partial charge is 0.324 e. The molecule has 0 aliphatic heterocycles. The minimum atomic E-state index is -1.05. The summed E-state index contributed by atoms with van der Waals surface area (Å²) in [5.74, 6) is -3.34. The Morgan fingerprint density at radius 2 is 1.87 bits per heavy atom. The summed E-state index contributed by atoms with van der Waals surface area (Å²) in [6.07, 6.45) is 4.25. The molecule has 12 heteroatoms. The number of hydrogen-bond acceptors (Lipinski definition) is 6. The number of hydrogen-bond donors (Lipinski definition) is 1. The van der Waals surface area contributed by atoms with Gasteiger partial charge in [0, 0.05) is 35.2 Å². The number of halogens is 3. The van der Waals surface area contributed by atoms with Crippen molar-refractivity contribution in [3.05, 3.63) is 80.0 Å². The predicted octanol–water partition coefficient (Wildman–Crippen LogP) is 2.24. The summed E-state index contributed by atoms with van der Waals surface area (Å²) >= 11 is 0.836. The molecule has 0 aliphatic rings. The van der Waals surface area contributed by atoms with Gasteiger partial charge in [-0.05, 0) is 6.42 Å². The molecule has 0 bridgehead atoms. The molecule has 154 valence electrons. The summed E-state index contributed by atoms with van der Waals surface area (Å²) in [5.41, 5.74) is -0.483. The quantitative estimate of drug-likeness (QED) is 0.484. The van der Waals surface area contributed by atoms with E-state index in [-0.39, 0.29) is 27.8 Å². The van der Waals surface area contributed by atoms with Crippen molar-refractivity contribution in [3.8, 4) is 5.82 Å². The normalized spacial score (nSPS) is 11.3. The molecule has 0 saturated heterocycles. The van der Waals surface area contributed by atoms with Gasteiger partial charge >= 0.3 is 0 Å². The van der Waals surface area contributed by atoms with E-state index in [2.05, 4.69) is 20.2 Å². The lowest BCUT2D eigenvalue weighted by Gasteiger charge is -2.12. The van der Waals surface area contributed by atoms with Crippen LogP contribution in [0, 0.1) is 17.5 Å². The fourth-order valence-corrected chi connectivity index (χ4v) is 3.84. The first-order valence-corrected chi connectivity index (χ1v) is 9.69. The standard InChI is InChI=1S/C18H13F3N6O2S/c1-2-9-5-24-27-16(9)17(29)26(14-6-23-15(28)7-22-14)18(25-27)30-8-11-12(20)3-10(19)4-13(11)21/h3-7H,2,8H2,1H3,(H,23,28). The third kappa shape index (κ3) is 3.49. The van der Waals surface area contributed by atoms with Crippen LogP contribution in [-0.2, 0) is 12.2 Å². The number of benzene rings is 1. The number of aromatic nitrogens is 6. The second-order valence-electron chi connectivity index (χ2n) is 6.19. The highest BCUT2D eigenvalue weighted by Gasteiger charge is 2.20. The molecule has 30 heavy (non-hydrogen) atoms. The second-order valence-corrected chi connectivity index (χ2v) is 7.13. The zero-order valence-electron chi connectivity index (χ0n) is 15.4. The Bertz CT molecular complexity index is 1340. The molecule has 4 rings (SSSR count).